The predicted molar refractivity (Wildman–Crippen MR) is 117 cm³/mol. The van der Waals surface area contributed by atoms with Crippen LogP contribution in [0.4, 0.5) is 5.69 Å². The van der Waals surface area contributed by atoms with E-state index in [0.717, 1.165) is 12.8 Å². The van der Waals surface area contributed by atoms with Gasteiger partial charge in [0, 0.05) is 23.3 Å². The Balaban J connectivity index is 1.51. The monoisotopic (exact) mass is 483 g/mol. The summed E-state index contributed by atoms with van der Waals surface area (Å²) in [4.78, 5) is 13.0. The van der Waals surface area contributed by atoms with Gasteiger partial charge in [-0.05, 0) is 68.1 Å². The maximum absolute atomic E-state index is 13.0. The van der Waals surface area contributed by atoms with Crippen LogP contribution in [0.25, 0.3) is 0 Å². The van der Waals surface area contributed by atoms with E-state index >= 15 is 0 Å². The first-order valence-electron chi connectivity index (χ1n) is 9.87. The standard InChI is InChI=1S/C20H22ClN3O5S2/c21-14-6-10-17(11-7-14)31(28,29)24-12-2-5-19(24)20(25)22-16-3-1-4-18(13-16)30(26,27)23-15-8-9-15/h1,3-4,6-7,10-11,13,15,19,23H,2,5,8-9,12H2,(H,22,25). The normalized spacial score (nSPS) is 20.0. The molecular formula is C20H22ClN3O5S2. The van der Waals surface area contributed by atoms with Gasteiger partial charge in [-0.15, -0.1) is 0 Å². The molecule has 8 nitrogen and oxygen atoms in total. The minimum absolute atomic E-state index is 0.0339. The maximum Gasteiger partial charge on any atom is 0.243 e. The van der Waals surface area contributed by atoms with Crippen molar-refractivity contribution in [3.8, 4) is 0 Å². The number of benzene rings is 2. The number of carbonyl (C=O) groups excluding carboxylic acids is 1. The minimum Gasteiger partial charge on any atom is -0.325 e. The van der Waals surface area contributed by atoms with Gasteiger partial charge in [0.1, 0.15) is 6.04 Å². The van der Waals surface area contributed by atoms with Gasteiger partial charge in [0.05, 0.1) is 9.79 Å². The SMILES string of the molecule is O=C(Nc1cccc(S(=O)(=O)NC2CC2)c1)C1CCCN1S(=O)(=O)c1ccc(Cl)cc1. The second-order valence-corrected chi connectivity index (χ2v) is 11.7. The largest absolute Gasteiger partial charge is 0.325 e. The van der Waals surface area contributed by atoms with Crippen LogP contribution in [0.1, 0.15) is 25.7 Å². The molecule has 4 rings (SSSR count). The first-order valence-corrected chi connectivity index (χ1v) is 13.2. The first kappa shape index (κ1) is 22.2. The molecule has 1 atom stereocenters. The first-order chi connectivity index (χ1) is 14.7. The van der Waals surface area contributed by atoms with E-state index in [4.69, 9.17) is 11.6 Å². The topological polar surface area (TPSA) is 113 Å². The number of amides is 1. The van der Waals surface area contributed by atoms with E-state index in [1.54, 1.807) is 6.07 Å². The smallest absolute Gasteiger partial charge is 0.243 e. The molecule has 2 aromatic carbocycles. The highest BCUT2D eigenvalue weighted by molar-refractivity contribution is 7.89. The van der Waals surface area contributed by atoms with E-state index in [2.05, 4.69) is 10.0 Å². The van der Waals surface area contributed by atoms with E-state index in [9.17, 15) is 21.6 Å². The fourth-order valence-corrected chi connectivity index (χ4v) is 6.62. The van der Waals surface area contributed by atoms with Crippen molar-refractivity contribution in [3.05, 3.63) is 53.6 Å². The molecule has 166 valence electrons. The predicted octanol–water partition coefficient (Wildman–Crippen LogP) is 2.57. The summed E-state index contributed by atoms with van der Waals surface area (Å²) in [6, 6.07) is 10.8. The Hall–Kier alpha value is -1.98. The summed E-state index contributed by atoms with van der Waals surface area (Å²) in [5.74, 6) is -0.500. The Morgan fingerprint density at radius 1 is 0.968 bits per heavy atom. The Morgan fingerprint density at radius 3 is 2.35 bits per heavy atom. The van der Waals surface area contributed by atoms with Crippen LogP contribution in [0.15, 0.2) is 58.3 Å². The number of hydrogen-bond donors (Lipinski definition) is 2. The van der Waals surface area contributed by atoms with Crippen LogP contribution in [-0.4, -0.2) is 45.7 Å². The fourth-order valence-electron chi connectivity index (χ4n) is 3.49. The molecule has 2 N–H and O–H groups in total. The van der Waals surface area contributed by atoms with E-state index in [0.29, 0.717) is 23.6 Å². The van der Waals surface area contributed by atoms with Crippen LogP contribution >= 0.6 is 11.6 Å². The van der Waals surface area contributed by atoms with Gasteiger partial charge in [-0.1, -0.05) is 17.7 Å². The van der Waals surface area contributed by atoms with Gasteiger partial charge < -0.3 is 5.32 Å². The zero-order chi connectivity index (χ0) is 22.2. The van der Waals surface area contributed by atoms with Gasteiger partial charge in [0.25, 0.3) is 0 Å². The van der Waals surface area contributed by atoms with Gasteiger partial charge in [0.15, 0.2) is 0 Å². The molecule has 1 aliphatic carbocycles. The van der Waals surface area contributed by atoms with Crippen LogP contribution in [0.2, 0.25) is 5.02 Å². The Morgan fingerprint density at radius 2 is 1.68 bits per heavy atom. The summed E-state index contributed by atoms with van der Waals surface area (Å²) < 4.78 is 54.7. The van der Waals surface area contributed by atoms with Crippen LogP contribution in [0, 0.1) is 0 Å². The van der Waals surface area contributed by atoms with E-state index in [1.165, 1.54) is 46.8 Å². The number of carbonyl (C=O) groups is 1. The number of anilines is 1. The van der Waals surface area contributed by atoms with Crippen molar-refractivity contribution in [1.82, 2.24) is 9.03 Å². The van der Waals surface area contributed by atoms with Gasteiger partial charge in [0.2, 0.25) is 26.0 Å². The van der Waals surface area contributed by atoms with Crippen LogP contribution in [0.5, 0.6) is 0 Å². The molecule has 1 amide bonds. The zero-order valence-electron chi connectivity index (χ0n) is 16.5. The maximum atomic E-state index is 13.0. The Kier molecular flexibility index (Phi) is 6.10. The Labute approximate surface area is 186 Å². The lowest BCUT2D eigenvalue weighted by molar-refractivity contribution is -0.119. The molecule has 2 fully saturated rings. The molecule has 2 aromatic rings. The average molecular weight is 484 g/mol. The second kappa shape index (κ2) is 8.51. The molecule has 1 saturated carbocycles. The summed E-state index contributed by atoms with van der Waals surface area (Å²) in [6.07, 6.45) is 2.55. The number of sulfonamides is 2. The molecule has 0 radical (unpaired) electrons. The molecule has 0 aromatic heterocycles. The molecule has 0 bridgehead atoms. The van der Waals surface area contributed by atoms with E-state index in [1.807, 2.05) is 0 Å². The van der Waals surface area contributed by atoms with Gasteiger partial charge in [-0.3, -0.25) is 4.79 Å². The second-order valence-electron chi connectivity index (χ2n) is 7.64. The van der Waals surface area contributed by atoms with Gasteiger partial charge >= 0.3 is 0 Å². The Bertz CT molecular complexity index is 1200. The van der Waals surface area contributed by atoms with Crippen LogP contribution in [0.3, 0.4) is 0 Å². The van der Waals surface area contributed by atoms with Crippen molar-refractivity contribution in [2.45, 2.75) is 47.6 Å². The molecule has 0 spiro atoms. The third-order valence-corrected chi connectivity index (χ3v) is 8.93. The highest BCUT2D eigenvalue weighted by atomic mass is 35.5. The van der Waals surface area contributed by atoms with Crippen molar-refractivity contribution in [2.75, 3.05) is 11.9 Å². The number of nitrogens with zero attached hydrogens (tertiary/aromatic N) is 1. The summed E-state index contributed by atoms with van der Waals surface area (Å²) in [7, 11) is -7.54. The molecule has 1 heterocycles. The zero-order valence-corrected chi connectivity index (χ0v) is 18.9. The molecular weight excluding hydrogens is 462 g/mol. The molecule has 31 heavy (non-hydrogen) atoms. The van der Waals surface area contributed by atoms with Crippen molar-refractivity contribution in [2.24, 2.45) is 0 Å². The lowest BCUT2D eigenvalue weighted by Gasteiger charge is -2.23. The van der Waals surface area contributed by atoms with Crippen molar-refractivity contribution >= 4 is 43.2 Å². The molecule has 1 aliphatic heterocycles. The van der Waals surface area contributed by atoms with Gasteiger partial charge in [-0.2, -0.15) is 4.31 Å². The van der Waals surface area contributed by atoms with Gasteiger partial charge in [-0.25, -0.2) is 21.6 Å². The lowest BCUT2D eigenvalue weighted by atomic mass is 10.2. The highest BCUT2D eigenvalue weighted by Crippen LogP contribution is 2.28. The number of nitrogens with one attached hydrogen (secondary N) is 2. The number of halogens is 1. The average Bonchev–Trinajstić information content (AvgIpc) is 3.37. The quantitative estimate of drug-likeness (QED) is 0.628. The molecule has 1 saturated heterocycles. The lowest BCUT2D eigenvalue weighted by Crippen LogP contribution is -2.43. The number of hydrogen-bond acceptors (Lipinski definition) is 5. The third-order valence-electron chi connectivity index (χ3n) is 5.24. The van der Waals surface area contributed by atoms with E-state index < -0.39 is 32.0 Å². The summed E-state index contributed by atoms with van der Waals surface area (Å²) in [5.41, 5.74) is 0.291. The van der Waals surface area contributed by atoms with E-state index in [-0.39, 0.29) is 22.4 Å². The molecule has 2 aliphatic rings. The summed E-state index contributed by atoms with van der Waals surface area (Å²) in [6.45, 7) is 0.225. The number of rotatable bonds is 7. The van der Waals surface area contributed by atoms with Crippen LogP contribution in [-0.2, 0) is 24.8 Å². The highest BCUT2D eigenvalue weighted by Gasteiger charge is 2.39. The molecule has 1 unspecified atom stereocenters. The summed E-state index contributed by atoms with van der Waals surface area (Å²) in [5, 5.41) is 3.09. The van der Waals surface area contributed by atoms with Crippen LogP contribution < -0.4 is 10.0 Å². The van der Waals surface area contributed by atoms with Crippen molar-refractivity contribution < 1.29 is 21.6 Å². The summed E-state index contributed by atoms with van der Waals surface area (Å²) >= 11 is 5.85. The fraction of sp³-hybridized carbons (Fsp3) is 0.350. The van der Waals surface area contributed by atoms with Crippen molar-refractivity contribution in [1.29, 1.82) is 0 Å². The van der Waals surface area contributed by atoms with Crippen molar-refractivity contribution in [3.63, 3.8) is 0 Å². The minimum atomic E-state index is -3.87. The third kappa shape index (κ3) is 4.93. The molecule has 11 heteroatoms.